The molecule has 1 aliphatic carbocycles. The number of aliphatic imine (C=N–C) groups is 1. The second-order valence-electron chi connectivity index (χ2n) is 5.55. The largest absolute Gasteiger partial charge is 0.325 e. The van der Waals surface area contributed by atoms with Crippen LogP contribution in [0.2, 0.25) is 5.02 Å². The van der Waals surface area contributed by atoms with Gasteiger partial charge in [0.15, 0.2) is 0 Å². The normalized spacial score (nSPS) is 21.4. The van der Waals surface area contributed by atoms with E-state index >= 15 is 0 Å². The van der Waals surface area contributed by atoms with E-state index in [0.29, 0.717) is 10.7 Å². The smallest absolute Gasteiger partial charge is 0.250 e. The van der Waals surface area contributed by atoms with Crippen molar-refractivity contribution in [1.29, 1.82) is 0 Å². The fourth-order valence-electron chi connectivity index (χ4n) is 2.61. The zero-order valence-corrected chi connectivity index (χ0v) is 13.3. The number of nitrogens with zero attached hydrogens (tertiary/aromatic N) is 1. The average Bonchev–Trinajstić information content (AvgIpc) is 2.49. The number of allylic oxidation sites excluding steroid dienone is 3. The molecule has 2 amide bonds. The summed E-state index contributed by atoms with van der Waals surface area (Å²) in [5.41, 5.74) is 3.14. The highest BCUT2D eigenvalue weighted by Crippen LogP contribution is 2.26. The lowest BCUT2D eigenvalue weighted by molar-refractivity contribution is -0.117. The Morgan fingerprint density at radius 1 is 1.26 bits per heavy atom. The maximum absolute atomic E-state index is 12.1. The van der Waals surface area contributed by atoms with Crippen LogP contribution in [0.1, 0.15) is 12.5 Å². The van der Waals surface area contributed by atoms with Crippen LogP contribution < -0.4 is 5.32 Å². The third kappa shape index (κ3) is 3.66. The van der Waals surface area contributed by atoms with Gasteiger partial charge in [-0.1, -0.05) is 35.4 Å². The number of benzene rings is 1. The van der Waals surface area contributed by atoms with Gasteiger partial charge in [-0.25, -0.2) is 4.99 Å². The summed E-state index contributed by atoms with van der Waals surface area (Å²) in [7, 11) is 0. The number of nitrogens with one attached hydrogen (secondary N) is 1. The van der Waals surface area contributed by atoms with Crippen molar-refractivity contribution in [1.82, 2.24) is 5.32 Å². The van der Waals surface area contributed by atoms with Crippen molar-refractivity contribution in [2.45, 2.75) is 13.3 Å². The maximum atomic E-state index is 12.1. The number of hydrogen-bond donors (Lipinski definition) is 1. The second kappa shape index (κ2) is 6.34. The van der Waals surface area contributed by atoms with E-state index in [-0.39, 0.29) is 24.2 Å². The molecule has 0 fully saturated rings. The highest BCUT2D eigenvalue weighted by Gasteiger charge is 2.23. The van der Waals surface area contributed by atoms with Crippen molar-refractivity contribution < 1.29 is 9.59 Å². The van der Waals surface area contributed by atoms with Crippen LogP contribution in [0.4, 0.5) is 0 Å². The first kappa shape index (κ1) is 15.4. The molecule has 0 radical (unpaired) electrons. The third-order valence-electron chi connectivity index (χ3n) is 3.74. The molecule has 4 nitrogen and oxygen atoms in total. The minimum absolute atomic E-state index is 0.0537. The van der Waals surface area contributed by atoms with E-state index < -0.39 is 0 Å². The monoisotopic (exact) mass is 326 g/mol. The predicted octanol–water partition coefficient (Wildman–Crippen LogP) is 3.00. The van der Waals surface area contributed by atoms with Gasteiger partial charge in [0, 0.05) is 22.7 Å². The van der Waals surface area contributed by atoms with Gasteiger partial charge in [0.2, 0.25) is 5.91 Å². The zero-order valence-electron chi connectivity index (χ0n) is 12.5. The lowest BCUT2D eigenvalue weighted by Crippen LogP contribution is -2.32. The number of halogens is 1. The molecule has 116 valence electrons. The van der Waals surface area contributed by atoms with E-state index in [2.05, 4.69) is 10.3 Å². The van der Waals surface area contributed by atoms with Crippen LogP contribution in [-0.2, 0) is 16.0 Å². The molecule has 23 heavy (non-hydrogen) atoms. The van der Waals surface area contributed by atoms with Gasteiger partial charge in [-0.3, -0.25) is 9.59 Å². The second-order valence-corrected chi connectivity index (χ2v) is 5.98. The van der Waals surface area contributed by atoms with Crippen LogP contribution in [0.25, 0.3) is 0 Å². The van der Waals surface area contributed by atoms with Crippen LogP contribution in [0.5, 0.6) is 0 Å². The third-order valence-corrected chi connectivity index (χ3v) is 3.99. The quantitative estimate of drug-likeness (QED) is 0.908. The molecule has 2 aliphatic rings. The maximum Gasteiger partial charge on any atom is 0.250 e. The Kier molecular flexibility index (Phi) is 4.26. The molecule has 1 heterocycles. The first-order chi connectivity index (χ1) is 11.0. The Bertz CT molecular complexity index is 786. The molecule has 5 heteroatoms. The zero-order chi connectivity index (χ0) is 16.4. The topological polar surface area (TPSA) is 58.5 Å². The number of carbonyl (C=O) groups excluding carboxylic acids is 2. The Labute approximate surface area is 139 Å². The minimum Gasteiger partial charge on any atom is -0.325 e. The molecule has 0 saturated carbocycles. The van der Waals surface area contributed by atoms with Gasteiger partial charge in [0.1, 0.15) is 0 Å². The fourth-order valence-corrected chi connectivity index (χ4v) is 2.74. The molecule has 1 atom stereocenters. The Balaban J connectivity index is 1.75. The molecule has 1 aromatic carbocycles. The van der Waals surface area contributed by atoms with E-state index in [1.165, 1.54) is 0 Å². The molecule has 1 N–H and O–H groups in total. The summed E-state index contributed by atoms with van der Waals surface area (Å²) in [5.74, 6) is -0.332. The lowest BCUT2D eigenvalue weighted by atomic mass is 9.89. The fraction of sp³-hybridized carbons (Fsp3) is 0.167. The minimum atomic E-state index is -0.239. The summed E-state index contributed by atoms with van der Waals surface area (Å²) in [6.07, 6.45) is 7.29. The standard InChI is InChI=1S/C18H15ClN2O2/c1-11-8-17(22)21-16-10-14(6-7-15(11)16)20-18(23)9-12-2-4-13(19)5-3-12/h2-8,10,15H,9H2,1H3,(H,21,22). The molecular formula is C18H15ClN2O2. The molecule has 0 saturated heterocycles. The van der Waals surface area contributed by atoms with Crippen LogP contribution in [0.3, 0.4) is 0 Å². The van der Waals surface area contributed by atoms with Crippen molar-refractivity contribution >= 4 is 29.1 Å². The molecule has 1 aromatic rings. The van der Waals surface area contributed by atoms with E-state index in [4.69, 9.17) is 11.6 Å². The van der Waals surface area contributed by atoms with Crippen molar-refractivity contribution in [3.8, 4) is 0 Å². The van der Waals surface area contributed by atoms with Gasteiger partial charge in [0.05, 0.1) is 12.1 Å². The number of amides is 2. The molecule has 0 bridgehead atoms. The summed E-state index contributed by atoms with van der Waals surface area (Å²) >= 11 is 5.82. The van der Waals surface area contributed by atoms with Crippen LogP contribution in [-0.4, -0.2) is 17.5 Å². The van der Waals surface area contributed by atoms with Crippen molar-refractivity contribution in [3.63, 3.8) is 0 Å². The summed E-state index contributed by atoms with van der Waals surface area (Å²) in [6.45, 7) is 1.91. The summed E-state index contributed by atoms with van der Waals surface area (Å²) in [6, 6.07) is 7.11. The molecule has 1 unspecified atom stereocenters. The van der Waals surface area contributed by atoms with E-state index in [1.54, 1.807) is 36.4 Å². The highest BCUT2D eigenvalue weighted by atomic mass is 35.5. The van der Waals surface area contributed by atoms with Crippen molar-refractivity contribution in [3.05, 3.63) is 70.4 Å². The van der Waals surface area contributed by atoms with Gasteiger partial charge in [-0.05, 0) is 36.8 Å². The van der Waals surface area contributed by atoms with Gasteiger partial charge in [-0.2, -0.15) is 0 Å². The van der Waals surface area contributed by atoms with Crippen molar-refractivity contribution in [2.24, 2.45) is 10.9 Å². The molecular weight excluding hydrogens is 312 g/mol. The van der Waals surface area contributed by atoms with Crippen LogP contribution >= 0.6 is 11.6 Å². The molecule has 1 aliphatic heterocycles. The number of hydrogen-bond acceptors (Lipinski definition) is 2. The SMILES string of the molecule is CC1=CC(=O)NC2=CC(=NC(=O)Cc3ccc(Cl)cc3)C=CC12. The molecule has 3 rings (SSSR count). The Morgan fingerprint density at radius 2 is 2.00 bits per heavy atom. The molecule has 0 aromatic heterocycles. The summed E-state index contributed by atoms with van der Waals surface area (Å²) in [4.78, 5) is 27.7. The predicted molar refractivity (Wildman–Crippen MR) is 90.2 cm³/mol. The number of rotatable bonds is 2. The summed E-state index contributed by atoms with van der Waals surface area (Å²) < 4.78 is 0. The lowest BCUT2D eigenvalue weighted by Gasteiger charge is -2.25. The van der Waals surface area contributed by atoms with Crippen LogP contribution in [0.15, 0.2) is 64.8 Å². The average molecular weight is 327 g/mol. The van der Waals surface area contributed by atoms with Gasteiger partial charge in [-0.15, -0.1) is 0 Å². The Hall–Kier alpha value is -2.46. The number of fused-ring (bicyclic) bond motifs is 1. The highest BCUT2D eigenvalue weighted by molar-refractivity contribution is 6.30. The van der Waals surface area contributed by atoms with Gasteiger partial charge in [0.25, 0.3) is 5.91 Å². The van der Waals surface area contributed by atoms with Gasteiger partial charge < -0.3 is 5.32 Å². The van der Waals surface area contributed by atoms with E-state index in [9.17, 15) is 9.59 Å². The van der Waals surface area contributed by atoms with Crippen molar-refractivity contribution in [2.75, 3.05) is 0 Å². The van der Waals surface area contributed by atoms with Gasteiger partial charge >= 0.3 is 0 Å². The van der Waals surface area contributed by atoms with Crippen LogP contribution in [0, 0.1) is 5.92 Å². The first-order valence-electron chi connectivity index (χ1n) is 7.26. The Morgan fingerprint density at radius 3 is 2.74 bits per heavy atom. The number of carbonyl (C=O) groups is 2. The van der Waals surface area contributed by atoms with E-state index in [1.807, 2.05) is 19.1 Å². The summed E-state index contributed by atoms with van der Waals surface area (Å²) in [5, 5.41) is 3.43. The first-order valence-corrected chi connectivity index (χ1v) is 7.64. The molecule has 0 spiro atoms. The van der Waals surface area contributed by atoms with E-state index in [0.717, 1.165) is 16.8 Å².